The van der Waals surface area contributed by atoms with E-state index in [1.54, 1.807) is 11.3 Å². The van der Waals surface area contributed by atoms with Gasteiger partial charge in [-0.05, 0) is 49.8 Å². The Kier molecular flexibility index (Phi) is 4.70. The molecule has 0 bridgehead atoms. The van der Waals surface area contributed by atoms with Gasteiger partial charge >= 0.3 is 0 Å². The Labute approximate surface area is 177 Å². The van der Waals surface area contributed by atoms with Crippen molar-refractivity contribution in [1.82, 2.24) is 14.9 Å². The number of benzene rings is 1. The van der Waals surface area contributed by atoms with E-state index in [1.165, 1.54) is 15.8 Å². The maximum absolute atomic E-state index is 13.1. The van der Waals surface area contributed by atoms with Gasteiger partial charge in [0, 0.05) is 10.3 Å². The SMILES string of the molecule is C[C@@H]1CCc2c(sc3ncn(CC(=O)N[C@H](C)c4cc5ccccc5o4)c(=O)c23)C1. The first kappa shape index (κ1) is 19.1. The Morgan fingerprint density at radius 1 is 1.40 bits per heavy atom. The van der Waals surface area contributed by atoms with E-state index >= 15 is 0 Å². The van der Waals surface area contributed by atoms with E-state index in [-0.39, 0.29) is 24.1 Å². The number of hydrogen-bond acceptors (Lipinski definition) is 5. The van der Waals surface area contributed by atoms with Gasteiger partial charge in [0.25, 0.3) is 5.56 Å². The number of hydrogen-bond donors (Lipinski definition) is 1. The van der Waals surface area contributed by atoms with Crippen LogP contribution in [0.5, 0.6) is 0 Å². The molecule has 1 aliphatic carbocycles. The van der Waals surface area contributed by atoms with Gasteiger partial charge in [0.1, 0.15) is 22.7 Å². The summed E-state index contributed by atoms with van der Waals surface area (Å²) >= 11 is 1.62. The highest BCUT2D eigenvalue weighted by Crippen LogP contribution is 2.35. The fraction of sp³-hybridized carbons (Fsp3) is 0.348. The molecule has 0 fully saturated rings. The van der Waals surface area contributed by atoms with Gasteiger partial charge in [-0.25, -0.2) is 4.98 Å². The number of para-hydroxylation sites is 1. The molecule has 3 aromatic heterocycles. The number of furan rings is 1. The fourth-order valence-electron chi connectivity index (χ4n) is 4.21. The standard InChI is InChI=1S/C23H23N3O3S/c1-13-7-8-16-19(9-13)30-22-21(16)23(28)26(12-24-22)11-20(27)25-14(2)18-10-15-5-3-4-6-17(15)29-18/h3-6,10,12-14H,7-9,11H2,1-2H3,(H,25,27)/t13-,14-/m1/s1. The number of rotatable bonds is 4. The normalized spacial score (nSPS) is 17.2. The molecule has 154 valence electrons. The lowest BCUT2D eigenvalue weighted by Gasteiger charge is -2.17. The summed E-state index contributed by atoms with van der Waals surface area (Å²) in [6.07, 6.45) is 4.49. The minimum Gasteiger partial charge on any atom is -0.459 e. The molecule has 2 atom stereocenters. The maximum atomic E-state index is 13.1. The zero-order chi connectivity index (χ0) is 20.8. The Morgan fingerprint density at radius 3 is 3.07 bits per heavy atom. The maximum Gasteiger partial charge on any atom is 0.262 e. The summed E-state index contributed by atoms with van der Waals surface area (Å²) in [5.41, 5.74) is 1.80. The van der Waals surface area contributed by atoms with Crippen molar-refractivity contribution in [1.29, 1.82) is 0 Å². The van der Waals surface area contributed by atoms with Gasteiger partial charge < -0.3 is 9.73 Å². The van der Waals surface area contributed by atoms with Crippen molar-refractivity contribution >= 4 is 38.4 Å². The van der Waals surface area contributed by atoms with E-state index in [0.717, 1.165) is 40.6 Å². The highest BCUT2D eigenvalue weighted by Gasteiger charge is 2.23. The van der Waals surface area contributed by atoms with Crippen molar-refractivity contribution in [3.63, 3.8) is 0 Å². The lowest BCUT2D eigenvalue weighted by atomic mass is 9.89. The second-order valence-corrected chi connectivity index (χ2v) is 9.27. The Morgan fingerprint density at radius 2 is 2.23 bits per heavy atom. The molecule has 0 spiro atoms. The third-order valence-electron chi connectivity index (χ3n) is 5.85. The zero-order valence-corrected chi connectivity index (χ0v) is 17.8. The van der Waals surface area contributed by atoms with Crippen molar-refractivity contribution in [3.8, 4) is 0 Å². The number of aryl methyl sites for hydroxylation is 1. The van der Waals surface area contributed by atoms with E-state index in [2.05, 4.69) is 17.2 Å². The molecule has 7 heteroatoms. The van der Waals surface area contributed by atoms with Crippen LogP contribution in [-0.4, -0.2) is 15.5 Å². The van der Waals surface area contributed by atoms with Crippen LogP contribution in [0.1, 0.15) is 42.5 Å². The van der Waals surface area contributed by atoms with Gasteiger partial charge in [0.15, 0.2) is 0 Å². The van der Waals surface area contributed by atoms with Crippen LogP contribution in [0.25, 0.3) is 21.2 Å². The molecule has 5 rings (SSSR count). The van der Waals surface area contributed by atoms with E-state index in [4.69, 9.17) is 4.42 Å². The van der Waals surface area contributed by atoms with Crippen molar-refractivity contribution in [3.05, 3.63) is 63.2 Å². The van der Waals surface area contributed by atoms with Crippen molar-refractivity contribution in [2.75, 3.05) is 0 Å². The van der Waals surface area contributed by atoms with Gasteiger partial charge in [0.2, 0.25) is 5.91 Å². The number of nitrogens with zero attached hydrogens (tertiary/aromatic N) is 2. The monoisotopic (exact) mass is 421 g/mol. The average molecular weight is 422 g/mol. The van der Waals surface area contributed by atoms with E-state index in [1.807, 2.05) is 37.3 Å². The molecule has 30 heavy (non-hydrogen) atoms. The molecule has 1 aliphatic rings. The largest absolute Gasteiger partial charge is 0.459 e. The zero-order valence-electron chi connectivity index (χ0n) is 17.0. The summed E-state index contributed by atoms with van der Waals surface area (Å²) in [7, 11) is 0. The van der Waals surface area contributed by atoms with Crippen LogP contribution in [0.4, 0.5) is 0 Å². The smallest absolute Gasteiger partial charge is 0.262 e. The van der Waals surface area contributed by atoms with Crippen molar-refractivity contribution < 1.29 is 9.21 Å². The first-order valence-electron chi connectivity index (χ1n) is 10.3. The third kappa shape index (κ3) is 3.33. The molecule has 0 saturated heterocycles. The van der Waals surface area contributed by atoms with Crippen LogP contribution in [0.2, 0.25) is 0 Å². The number of fused-ring (bicyclic) bond motifs is 4. The molecule has 3 heterocycles. The number of nitrogens with one attached hydrogen (secondary N) is 1. The van der Waals surface area contributed by atoms with Crippen LogP contribution in [0, 0.1) is 5.92 Å². The van der Waals surface area contributed by atoms with Crippen LogP contribution >= 0.6 is 11.3 Å². The number of amides is 1. The minimum absolute atomic E-state index is 0.0621. The Hall–Kier alpha value is -2.93. The first-order chi connectivity index (χ1) is 14.5. The number of carbonyl (C=O) groups is 1. The molecule has 0 saturated carbocycles. The van der Waals surface area contributed by atoms with Gasteiger partial charge in [-0.1, -0.05) is 25.1 Å². The lowest BCUT2D eigenvalue weighted by Crippen LogP contribution is -2.34. The van der Waals surface area contributed by atoms with E-state index < -0.39 is 0 Å². The topological polar surface area (TPSA) is 77.1 Å². The van der Waals surface area contributed by atoms with Gasteiger partial charge in [-0.2, -0.15) is 0 Å². The predicted octanol–water partition coefficient (Wildman–Crippen LogP) is 4.21. The molecule has 0 radical (unpaired) electrons. The molecule has 1 N–H and O–H groups in total. The second-order valence-electron chi connectivity index (χ2n) is 8.19. The molecule has 1 aromatic carbocycles. The number of aromatic nitrogens is 2. The molecule has 0 aliphatic heterocycles. The van der Waals surface area contributed by atoms with Gasteiger partial charge in [-0.3, -0.25) is 14.2 Å². The Bertz CT molecular complexity index is 1280. The summed E-state index contributed by atoms with van der Waals surface area (Å²) in [6.45, 7) is 4.05. The lowest BCUT2D eigenvalue weighted by molar-refractivity contribution is -0.122. The summed E-state index contributed by atoms with van der Waals surface area (Å²) in [5.74, 6) is 1.08. The summed E-state index contributed by atoms with van der Waals surface area (Å²) < 4.78 is 7.24. The summed E-state index contributed by atoms with van der Waals surface area (Å²) in [5, 5.41) is 4.62. The fourth-order valence-corrected chi connectivity index (χ4v) is 5.55. The quantitative estimate of drug-likeness (QED) is 0.536. The summed E-state index contributed by atoms with van der Waals surface area (Å²) in [4.78, 5) is 32.2. The molecular weight excluding hydrogens is 398 g/mol. The molecule has 6 nitrogen and oxygen atoms in total. The molecule has 1 amide bonds. The van der Waals surface area contributed by atoms with Crippen LogP contribution in [0.3, 0.4) is 0 Å². The third-order valence-corrected chi connectivity index (χ3v) is 7.01. The molecule has 4 aromatic rings. The summed E-state index contributed by atoms with van der Waals surface area (Å²) in [6, 6.07) is 9.37. The minimum atomic E-state index is -0.298. The average Bonchev–Trinajstić information content (AvgIpc) is 3.31. The van der Waals surface area contributed by atoms with Crippen molar-refractivity contribution in [2.45, 2.75) is 45.7 Å². The van der Waals surface area contributed by atoms with Crippen LogP contribution < -0.4 is 10.9 Å². The van der Waals surface area contributed by atoms with Gasteiger partial charge in [-0.15, -0.1) is 11.3 Å². The molecular formula is C23H23N3O3S. The number of thiophene rings is 1. The highest BCUT2D eigenvalue weighted by atomic mass is 32.1. The Balaban J connectivity index is 1.36. The number of carbonyl (C=O) groups excluding carboxylic acids is 1. The highest BCUT2D eigenvalue weighted by molar-refractivity contribution is 7.18. The van der Waals surface area contributed by atoms with Gasteiger partial charge in [0.05, 0.1) is 17.8 Å². The van der Waals surface area contributed by atoms with Crippen LogP contribution in [-0.2, 0) is 24.2 Å². The van der Waals surface area contributed by atoms with Crippen molar-refractivity contribution in [2.24, 2.45) is 5.92 Å². The van der Waals surface area contributed by atoms with Crippen LogP contribution in [0.15, 0.2) is 45.9 Å². The van der Waals surface area contributed by atoms with E-state index in [0.29, 0.717) is 17.1 Å². The second kappa shape index (κ2) is 7.40. The first-order valence-corrected chi connectivity index (χ1v) is 11.1. The molecule has 0 unspecified atom stereocenters. The predicted molar refractivity (Wildman–Crippen MR) is 118 cm³/mol. The van der Waals surface area contributed by atoms with E-state index in [9.17, 15) is 9.59 Å².